The summed E-state index contributed by atoms with van der Waals surface area (Å²) in [6.45, 7) is 4.67. The molecule has 0 aliphatic heterocycles. The number of rotatable bonds is 3. The van der Waals surface area contributed by atoms with Crippen molar-refractivity contribution in [1.29, 1.82) is 0 Å². The Balaban J connectivity index is 1.70. The van der Waals surface area contributed by atoms with Crippen molar-refractivity contribution in [2.24, 2.45) is 11.3 Å². The molecule has 0 aromatic carbocycles. The maximum Gasteiger partial charge on any atom is 0.107 e. The molecule has 2 aromatic heterocycles. The summed E-state index contributed by atoms with van der Waals surface area (Å²) in [5, 5.41) is 10.7. The Kier molecular flexibility index (Phi) is 3.23. The van der Waals surface area contributed by atoms with E-state index in [1.165, 1.54) is 16.7 Å². The molecular weight excluding hydrogens is 276 g/mol. The van der Waals surface area contributed by atoms with Crippen LogP contribution in [0.2, 0.25) is 0 Å². The number of aliphatic hydroxyl groups excluding tert-OH is 1. The molecular formula is C19H24O3. The van der Waals surface area contributed by atoms with E-state index in [0.29, 0.717) is 5.92 Å². The molecule has 0 radical (unpaired) electrons. The topological polar surface area (TPSA) is 46.5 Å². The van der Waals surface area contributed by atoms with Crippen molar-refractivity contribution >= 4 is 0 Å². The van der Waals surface area contributed by atoms with E-state index in [2.05, 4.69) is 13.8 Å². The van der Waals surface area contributed by atoms with Crippen LogP contribution in [0, 0.1) is 11.3 Å². The van der Waals surface area contributed by atoms with E-state index in [9.17, 15) is 5.11 Å². The molecule has 4 rings (SSSR count). The second-order valence-electron chi connectivity index (χ2n) is 7.42. The van der Waals surface area contributed by atoms with Gasteiger partial charge in [-0.3, -0.25) is 0 Å². The van der Waals surface area contributed by atoms with Gasteiger partial charge in [0.05, 0.1) is 24.9 Å². The van der Waals surface area contributed by atoms with Crippen LogP contribution >= 0.6 is 0 Å². The highest BCUT2D eigenvalue weighted by atomic mass is 16.3. The average molecular weight is 300 g/mol. The maximum absolute atomic E-state index is 10.7. The molecule has 1 N–H and O–H groups in total. The van der Waals surface area contributed by atoms with Crippen molar-refractivity contribution in [2.45, 2.75) is 58.0 Å². The first kappa shape index (κ1) is 14.1. The molecule has 3 heteroatoms. The minimum absolute atomic E-state index is 0.0999. The molecule has 22 heavy (non-hydrogen) atoms. The van der Waals surface area contributed by atoms with Crippen molar-refractivity contribution < 1.29 is 13.9 Å². The molecule has 118 valence electrons. The monoisotopic (exact) mass is 300 g/mol. The highest BCUT2D eigenvalue weighted by molar-refractivity contribution is 5.40. The largest absolute Gasteiger partial charge is 0.472 e. The van der Waals surface area contributed by atoms with Crippen molar-refractivity contribution in [3.8, 4) is 0 Å². The molecule has 0 bridgehead atoms. The van der Waals surface area contributed by atoms with E-state index in [0.717, 1.165) is 37.9 Å². The SMILES string of the molecule is C[C@@H]1Cc2occ3c2[C@@H]([C@@H](O)CC3)[C@@]1(C)CCc1ccoc1. The Labute approximate surface area is 131 Å². The zero-order chi connectivity index (χ0) is 15.3. The van der Waals surface area contributed by atoms with Gasteiger partial charge < -0.3 is 13.9 Å². The average Bonchev–Trinajstić information content (AvgIpc) is 3.14. The molecule has 4 atom stereocenters. The van der Waals surface area contributed by atoms with Crippen LogP contribution in [0.3, 0.4) is 0 Å². The van der Waals surface area contributed by atoms with Crippen molar-refractivity contribution in [2.75, 3.05) is 0 Å². The fourth-order valence-electron chi connectivity index (χ4n) is 4.67. The van der Waals surface area contributed by atoms with Crippen LogP contribution in [0.4, 0.5) is 0 Å². The smallest absolute Gasteiger partial charge is 0.107 e. The minimum atomic E-state index is -0.249. The fraction of sp³-hybridized carbons (Fsp3) is 0.579. The summed E-state index contributed by atoms with van der Waals surface area (Å²) < 4.78 is 11.0. The maximum atomic E-state index is 10.7. The zero-order valence-corrected chi connectivity index (χ0v) is 13.3. The standard InChI is InChI=1S/C19H24O3/c1-12-9-16-17-14(11-22-16)3-4-15(20)18(17)19(12,2)7-5-13-6-8-21-10-13/h6,8,10-12,15,18,20H,3-5,7,9H2,1-2H3/t12-,15+,18-,19+/m1/s1. The Morgan fingerprint density at radius 3 is 3.00 bits per heavy atom. The summed E-state index contributed by atoms with van der Waals surface area (Å²) in [5.74, 6) is 1.83. The van der Waals surface area contributed by atoms with Gasteiger partial charge in [0.1, 0.15) is 5.76 Å². The highest BCUT2D eigenvalue weighted by Crippen LogP contribution is 2.56. The van der Waals surface area contributed by atoms with Crippen LogP contribution < -0.4 is 0 Å². The van der Waals surface area contributed by atoms with E-state index in [1.54, 1.807) is 6.26 Å². The second-order valence-corrected chi connectivity index (χ2v) is 7.42. The molecule has 2 heterocycles. The van der Waals surface area contributed by atoms with Crippen LogP contribution in [0.1, 0.15) is 55.1 Å². The van der Waals surface area contributed by atoms with Crippen LogP contribution in [-0.2, 0) is 19.3 Å². The molecule has 0 spiro atoms. The van der Waals surface area contributed by atoms with Crippen molar-refractivity contribution in [1.82, 2.24) is 0 Å². The number of aryl methyl sites for hydroxylation is 2. The molecule has 0 unspecified atom stereocenters. The van der Waals surface area contributed by atoms with E-state index in [4.69, 9.17) is 8.83 Å². The predicted octanol–water partition coefficient (Wildman–Crippen LogP) is 4.09. The third kappa shape index (κ3) is 1.98. The minimum Gasteiger partial charge on any atom is -0.472 e. The number of hydrogen-bond donors (Lipinski definition) is 1. The molecule has 0 fully saturated rings. The summed E-state index contributed by atoms with van der Waals surface area (Å²) in [5.41, 5.74) is 4.00. The summed E-state index contributed by atoms with van der Waals surface area (Å²) in [6, 6.07) is 2.04. The van der Waals surface area contributed by atoms with Gasteiger partial charge >= 0.3 is 0 Å². The van der Waals surface area contributed by atoms with Gasteiger partial charge in [-0.2, -0.15) is 0 Å². The Hall–Kier alpha value is -1.48. The van der Waals surface area contributed by atoms with Gasteiger partial charge in [-0.25, -0.2) is 0 Å². The van der Waals surface area contributed by atoms with Crippen LogP contribution in [0.5, 0.6) is 0 Å². The van der Waals surface area contributed by atoms with Gasteiger partial charge in [-0.1, -0.05) is 13.8 Å². The first-order chi connectivity index (χ1) is 10.6. The van der Waals surface area contributed by atoms with Gasteiger partial charge in [0, 0.05) is 17.9 Å². The lowest BCUT2D eigenvalue weighted by atomic mass is 9.55. The lowest BCUT2D eigenvalue weighted by molar-refractivity contribution is 0.0114. The first-order valence-corrected chi connectivity index (χ1v) is 8.38. The second kappa shape index (κ2) is 5.02. The predicted molar refractivity (Wildman–Crippen MR) is 83.8 cm³/mol. The molecule has 2 aliphatic carbocycles. The Morgan fingerprint density at radius 2 is 2.23 bits per heavy atom. The van der Waals surface area contributed by atoms with Gasteiger partial charge in [-0.05, 0) is 54.2 Å². The normalized spacial score (nSPS) is 33.7. The van der Waals surface area contributed by atoms with E-state index in [-0.39, 0.29) is 17.4 Å². The highest BCUT2D eigenvalue weighted by Gasteiger charge is 2.50. The summed E-state index contributed by atoms with van der Waals surface area (Å²) in [7, 11) is 0. The number of furan rings is 2. The lowest BCUT2D eigenvalue weighted by Gasteiger charge is -2.49. The molecule has 3 nitrogen and oxygen atoms in total. The number of aliphatic hydroxyl groups is 1. The molecule has 2 aliphatic rings. The summed E-state index contributed by atoms with van der Waals surface area (Å²) in [6.07, 6.45) is 10.1. The van der Waals surface area contributed by atoms with Crippen molar-refractivity contribution in [3.05, 3.63) is 47.3 Å². The van der Waals surface area contributed by atoms with Gasteiger partial charge in [0.15, 0.2) is 0 Å². The lowest BCUT2D eigenvalue weighted by Crippen LogP contribution is -2.45. The van der Waals surface area contributed by atoms with Gasteiger partial charge in [0.2, 0.25) is 0 Å². The molecule has 0 amide bonds. The van der Waals surface area contributed by atoms with Gasteiger partial charge in [-0.15, -0.1) is 0 Å². The Bertz CT molecular complexity index is 654. The summed E-state index contributed by atoms with van der Waals surface area (Å²) >= 11 is 0. The third-order valence-corrected chi connectivity index (χ3v) is 6.26. The van der Waals surface area contributed by atoms with Crippen LogP contribution in [0.25, 0.3) is 0 Å². The molecule has 0 saturated carbocycles. The van der Waals surface area contributed by atoms with Crippen LogP contribution in [-0.4, -0.2) is 11.2 Å². The van der Waals surface area contributed by atoms with E-state index < -0.39 is 0 Å². The molecule has 2 aromatic rings. The Morgan fingerprint density at radius 1 is 1.36 bits per heavy atom. The zero-order valence-electron chi connectivity index (χ0n) is 13.3. The van der Waals surface area contributed by atoms with E-state index in [1.807, 2.05) is 18.6 Å². The number of hydrogen-bond acceptors (Lipinski definition) is 3. The van der Waals surface area contributed by atoms with Gasteiger partial charge in [0.25, 0.3) is 0 Å². The molecule has 0 saturated heterocycles. The van der Waals surface area contributed by atoms with Crippen LogP contribution in [0.15, 0.2) is 33.7 Å². The van der Waals surface area contributed by atoms with E-state index >= 15 is 0 Å². The third-order valence-electron chi connectivity index (χ3n) is 6.26. The first-order valence-electron chi connectivity index (χ1n) is 8.38. The summed E-state index contributed by atoms with van der Waals surface area (Å²) in [4.78, 5) is 0. The fourth-order valence-corrected chi connectivity index (χ4v) is 4.67. The van der Waals surface area contributed by atoms with Crippen molar-refractivity contribution in [3.63, 3.8) is 0 Å². The quantitative estimate of drug-likeness (QED) is 0.928.